The predicted octanol–water partition coefficient (Wildman–Crippen LogP) is 2.53. The molecule has 0 spiro atoms. The summed E-state index contributed by atoms with van der Waals surface area (Å²) in [5, 5.41) is 3.14. The lowest BCUT2D eigenvalue weighted by Gasteiger charge is -2.24. The third-order valence-electron chi connectivity index (χ3n) is 6.27. The smallest absolute Gasteiger partial charge is 0.223 e. The summed E-state index contributed by atoms with van der Waals surface area (Å²) in [7, 11) is 0. The number of fused-ring (bicyclic) bond motifs is 1. The van der Waals surface area contributed by atoms with Gasteiger partial charge in [0.05, 0.1) is 12.2 Å². The second-order valence-electron chi connectivity index (χ2n) is 8.37. The van der Waals surface area contributed by atoms with Gasteiger partial charge in [0, 0.05) is 30.3 Å². The number of aromatic nitrogens is 2. The Morgan fingerprint density at radius 2 is 2.04 bits per heavy atom. The number of carbonyl (C=O) groups is 1. The predicted molar refractivity (Wildman–Crippen MR) is 93.2 cm³/mol. The van der Waals surface area contributed by atoms with Crippen molar-refractivity contribution in [1.29, 1.82) is 0 Å². The van der Waals surface area contributed by atoms with E-state index in [1.54, 1.807) is 0 Å². The number of ether oxygens (including phenoxy) is 1. The van der Waals surface area contributed by atoms with Crippen LogP contribution in [0, 0.1) is 11.8 Å². The van der Waals surface area contributed by atoms with Crippen LogP contribution in [0.15, 0.2) is 6.20 Å². The lowest BCUT2D eigenvalue weighted by atomic mass is 9.86. The molecule has 5 nitrogen and oxygen atoms in total. The summed E-state index contributed by atoms with van der Waals surface area (Å²) in [6, 6.07) is 0. The molecule has 5 rings (SSSR count). The molecule has 4 aliphatic rings. The Hall–Kier alpha value is -1.49. The maximum Gasteiger partial charge on any atom is 0.223 e. The minimum absolute atomic E-state index is 0.0588. The van der Waals surface area contributed by atoms with Crippen molar-refractivity contribution in [3.05, 3.63) is 23.3 Å². The van der Waals surface area contributed by atoms with Crippen molar-refractivity contribution >= 4 is 5.91 Å². The van der Waals surface area contributed by atoms with Gasteiger partial charge in [-0.15, -0.1) is 0 Å². The monoisotopic (exact) mass is 341 g/mol. The number of nitrogens with zero attached hydrogens (tertiary/aromatic N) is 2. The third-order valence-corrected chi connectivity index (χ3v) is 6.27. The highest BCUT2D eigenvalue weighted by atomic mass is 16.5. The molecule has 0 aromatic carbocycles. The summed E-state index contributed by atoms with van der Waals surface area (Å²) in [5.41, 5.74) is 2.34. The van der Waals surface area contributed by atoms with Gasteiger partial charge >= 0.3 is 0 Å². The van der Waals surface area contributed by atoms with Gasteiger partial charge in [-0.25, -0.2) is 9.97 Å². The molecule has 1 amide bonds. The van der Waals surface area contributed by atoms with Crippen LogP contribution in [0.3, 0.4) is 0 Å². The molecule has 3 unspecified atom stereocenters. The fraction of sp³-hybridized carbons (Fsp3) is 0.750. The van der Waals surface area contributed by atoms with Crippen molar-refractivity contribution in [1.82, 2.24) is 15.3 Å². The van der Waals surface area contributed by atoms with E-state index in [0.717, 1.165) is 37.4 Å². The summed E-state index contributed by atoms with van der Waals surface area (Å²) in [6.45, 7) is 0.669. The molecule has 2 heterocycles. The highest BCUT2D eigenvalue weighted by molar-refractivity contribution is 5.79. The van der Waals surface area contributed by atoms with Gasteiger partial charge in [-0.05, 0) is 69.3 Å². The van der Waals surface area contributed by atoms with Gasteiger partial charge in [0.2, 0.25) is 5.91 Å². The van der Waals surface area contributed by atoms with Crippen LogP contribution in [0.5, 0.6) is 0 Å². The molecule has 1 aromatic heterocycles. The summed E-state index contributed by atoms with van der Waals surface area (Å²) >= 11 is 0. The Morgan fingerprint density at radius 1 is 1.16 bits per heavy atom. The van der Waals surface area contributed by atoms with E-state index < -0.39 is 0 Å². The number of rotatable bonds is 5. The van der Waals surface area contributed by atoms with Crippen molar-refractivity contribution in [3.8, 4) is 0 Å². The SMILES string of the molecule is O=C(NCC1CCC(C2CC2)O1)C1CCc2nc(C3CC3)ncc2C1. The zero-order chi connectivity index (χ0) is 16.8. The van der Waals surface area contributed by atoms with Crippen molar-refractivity contribution in [2.24, 2.45) is 11.8 Å². The molecule has 3 aliphatic carbocycles. The molecule has 134 valence electrons. The normalized spacial score (nSPS) is 31.6. The topological polar surface area (TPSA) is 64.1 Å². The van der Waals surface area contributed by atoms with Crippen LogP contribution < -0.4 is 5.32 Å². The molecule has 1 saturated heterocycles. The number of hydrogen-bond acceptors (Lipinski definition) is 4. The van der Waals surface area contributed by atoms with E-state index in [-0.39, 0.29) is 17.9 Å². The third kappa shape index (κ3) is 3.43. The molecule has 2 saturated carbocycles. The number of nitrogens with one attached hydrogen (secondary N) is 1. The van der Waals surface area contributed by atoms with Crippen LogP contribution >= 0.6 is 0 Å². The maximum atomic E-state index is 12.6. The Kier molecular flexibility index (Phi) is 4.00. The number of carbonyl (C=O) groups excluding carboxylic acids is 1. The van der Waals surface area contributed by atoms with Gasteiger partial charge in [-0.1, -0.05) is 0 Å². The Bertz CT molecular complexity index is 669. The van der Waals surface area contributed by atoms with Gasteiger partial charge in [0.15, 0.2) is 0 Å². The van der Waals surface area contributed by atoms with E-state index in [2.05, 4.69) is 10.3 Å². The minimum Gasteiger partial charge on any atom is -0.373 e. The van der Waals surface area contributed by atoms with E-state index in [0.29, 0.717) is 18.6 Å². The van der Waals surface area contributed by atoms with Crippen LogP contribution in [0.2, 0.25) is 0 Å². The first-order chi connectivity index (χ1) is 12.3. The lowest BCUT2D eigenvalue weighted by Crippen LogP contribution is -2.38. The van der Waals surface area contributed by atoms with Gasteiger partial charge in [0.1, 0.15) is 5.82 Å². The first-order valence-electron chi connectivity index (χ1n) is 10.0. The molecule has 3 fully saturated rings. The zero-order valence-electron chi connectivity index (χ0n) is 14.7. The van der Waals surface area contributed by atoms with E-state index in [1.165, 1.54) is 43.4 Å². The molecule has 5 heteroatoms. The first kappa shape index (κ1) is 15.7. The van der Waals surface area contributed by atoms with Gasteiger partial charge in [-0.2, -0.15) is 0 Å². The van der Waals surface area contributed by atoms with Crippen LogP contribution in [0.1, 0.15) is 67.9 Å². The largest absolute Gasteiger partial charge is 0.373 e. The Balaban J connectivity index is 1.14. The van der Waals surface area contributed by atoms with E-state index in [4.69, 9.17) is 9.72 Å². The van der Waals surface area contributed by atoms with Crippen molar-refractivity contribution in [3.63, 3.8) is 0 Å². The summed E-state index contributed by atoms with van der Waals surface area (Å²) in [4.78, 5) is 21.8. The summed E-state index contributed by atoms with van der Waals surface area (Å²) in [5.74, 6) is 2.65. The molecule has 3 atom stereocenters. The fourth-order valence-corrected chi connectivity index (χ4v) is 4.34. The average Bonchev–Trinajstić information content (AvgIpc) is 3.57. The quantitative estimate of drug-likeness (QED) is 0.894. The second-order valence-corrected chi connectivity index (χ2v) is 8.37. The van der Waals surface area contributed by atoms with Gasteiger partial charge in [-0.3, -0.25) is 4.79 Å². The van der Waals surface area contributed by atoms with Crippen molar-refractivity contribution in [2.75, 3.05) is 6.54 Å². The van der Waals surface area contributed by atoms with Crippen LogP contribution in [0.25, 0.3) is 0 Å². The highest BCUT2D eigenvalue weighted by Crippen LogP contribution is 2.40. The number of hydrogen-bond donors (Lipinski definition) is 1. The summed E-state index contributed by atoms with van der Waals surface area (Å²) < 4.78 is 6.09. The zero-order valence-corrected chi connectivity index (χ0v) is 14.7. The molecule has 1 N–H and O–H groups in total. The van der Waals surface area contributed by atoms with Gasteiger partial charge in [0.25, 0.3) is 0 Å². The Labute approximate surface area is 149 Å². The number of amides is 1. The minimum atomic E-state index is 0.0588. The Morgan fingerprint density at radius 3 is 2.84 bits per heavy atom. The highest BCUT2D eigenvalue weighted by Gasteiger charge is 2.38. The van der Waals surface area contributed by atoms with Crippen molar-refractivity contribution < 1.29 is 9.53 Å². The molecule has 0 bridgehead atoms. The lowest BCUT2D eigenvalue weighted by molar-refractivity contribution is -0.126. The van der Waals surface area contributed by atoms with E-state index >= 15 is 0 Å². The average molecular weight is 341 g/mol. The molecule has 25 heavy (non-hydrogen) atoms. The van der Waals surface area contributed by atoms with Gasteiger partial charge < -0.3 is 10.1 Å². The van der Waals surface area contributed by atoms with Crippen molar-refractivity contribution in [2.45, 2.75) is 75.9 Å². The van der Waals surface area contributed by atoms with E-state index in [1.807, 2.05) is 6.20 Å². The molecule has 1 aromatic rings. The van der Waals surface area contributed by atoms with E-state index in [9.17, 15) is 4.79 Å². The molecule has 0 radical (unpaired) electrons. The first-order valence-corrected chi connectivity index (χ1v) is 10.0. The summed E-state index contributed by atoms with van der Waals surface area (Å²) in [6.07, 6.45) is 12.6. The fourth-order valence-electron chi connectivity index (χ4n) is 4.34. The second kappa shape index (κ2) is 6.35. The van der Waals surface area contributed by atoms with Crippen LogP contribution in [0.4, 0.5) is 0 Å². The van der Waals surface area contributed by atoms with Crippen LogP contribution in [-0.2, 0) is 22.4 Å². The molecule has 1 aliphatic heterocycles. The molecular formula is C20H27N3O2. The maximum absolute atomic E-state index is 12.6. The van der Waals surface area contributed by atoms with Crippen LogP contribution in [-0.4, -0.2) is 34.6 Å². The molecular weight excluding hydrogens is 314 g/mol. The number of aryl methyl sites for hydroxylation is 1. The standard InChI is InChI=1S/C20H27N3O2/c24-20(22-11-16-6-8-18(25-16)12-1-2-12)14-5-7-17-15(9-14)10-21-19(23-17)13-3-4-13/h10,12-14,16,18H,1-9,11H2,(H,22,24).